The summed E-state index contributed by atoms with van der Waals surface area (Å²) in [6, 6.07) is 36.1. The molecule has 0 fully saturated rings. The normalized spacial score (nSPS) is 11.7. The third-order valence-corrected chi connectivity index (χ3v) is 10.8. The number of hydrogen-bond donors (Lipinski definition) is 1. The molecule has 5 aromatic rings. The minimum atomic E-state index is -4.29. The van der Waals surface area contributed by atoms with Crippen LogP contribution in [-0.4, -0.2) is 50.4 Å². The first-order chi connectivity index (χ1) is 21.7. The quantitative estimate of drug-likeness (QED) is 0.154. The van der Waals surface area contributed by atoms with Crippen molar-refractivity contribution in [3.63, 3.8) is 0 Å². The smallest absolute Gasteiger partial charge is 0.373 e. The van der Waals surface area contributed by atoms with E-state index < -0.39 is 48.9 Å². The molecule has 10 heteroatoms. The maximum atomic E-state index is 16.3. The molecule has 0 atom stereocenters. The van der Waals surface area contributed by atoms with Crippen LogP contribution in [0.15, 0.2) is 121 Å². The van der Waals surface area contributed by atoms with Crippen molar-refractivity contribution in [2.24, 2.45) is 0 Å². The summed E-state index contributed by atoms with van der Waals surface area (Å²) in [4.78, 5) is 1.37. The van der Waals surface area contributed by atoms with E-state index in [4.69, 9.17) is 13.3 Å². The Labute approximate surface area is 263 Å². The SMILES string of the molecule is CO[Si](OC)(OC)c1c(F)c(F)c([B-](c2ccccc2)(c2ccccc2)c2ccccc2)c(F)c1F.C[NH+](C)c1ccccc1. The summed E-state index contributed by atoms with van der Waals surface area (Å²) in [6.45, 7) is 0. The fourth-order valence-corrected chi connectivity index (χ4v) is 7.80. The van der Waals surface area contributed by atoms with Gasteiger partial charge < -0.3 is 18.2 Å². The summed E-state index contributed by atoms with van der Waals surface area (Å²) in [5, 5.41) is -1.02. The maximum Gasteiger partial charge on any atom is 0.542 e. The van der Waals surface area contributed by atoms with E-state index >= 15 is 17.6 Å². The van der Waals surface area contributed by atoms with Crippen molar-refractivity contribution >= 4 is 47.7 Å². The van der Waals surface area contributed by atoms with Crippen molar-refractivity contribution in [3.05, 3.63) is 145 Å². The fraction of sp³-hybridized carbons (Fsp3) is 0.143. The maximum absolute atomic E-state index is 16.3. The lowest BCUT2D eigenvalue weighted by atomic mass is 9.13. The number of rotatable bonds is 9. The van der Waals surface area contributed by atoms with E-state index in [9.17, 15) is 0 Å². The number of quaternary nitrogens is 1. The third kappa shape index (κ3) is 6.38. The van der Waals surface area contributed by atoms with Crippen molar-refractivity contribution < 1.29 is 35.7 Å². The van der Waals surface area contributed by atoms with Gasteiger partial charge >= 0.3 is 8.80 Å². The van der Waals surface area contributed by atoms with Gasteiger partial charge in [-0.1, -0.05) is 109 Å². The monoisotopic (exact) mass is 633 g/mol. The van der Waals surface area contributed by atoms with Gasteiger partial charge in [0.05, 0.1) is 19.3 Å². The van der Waals surface area contributed by atoms with Gasteiger partial charge in [0, 0.05) is 21.3 Å². The predicted molar refractivity (Wildman–Crippen MR) is 175 cm³/mol. The third-order valence-electron chi connectivity index (χ3n) is 8.09. The Balaban J connectivity index is 0.000000440. The minimum Gasteiger partial charge on any atom is -0.373 e. The average molecular weight is 634 g/mol. The van der Waals surface area contributed by atoms with Crippen molar-refractivity contribution in [2.45, 2.75) is 0 Å². The van der Waals surface area contributed by atoms with Crippen molar-refractivity contribution in [3.8, 4) is 0 Å². The zero-order valence-corrected chi connectivity index (χ0v) is 26.9. The van der Waals surface area contributed by atoms with Crippen molar-refractivity contribution in [1.82, 2.24) is 0 Å². The summed E-state index contributed by atoms with van der Waals surface area (Å²) in [6.07, 6.45) is -2.71. The first kappa shape index (κ1) is 33.8. The lowest BCUT2D eigenvalue weighted by Gasteiger charge is -2.44. The van der Waals surface area contributed by atoms with Gasteiger partial charge in [0.15, 0.2) is 11.6 Å². The van der Waals surface area contributed by atoms with E-state index in [1.807, 2.05) is 6.07 Å². The zero-order valence-electron chi connectivity index (χ0n) is 25.9. The standard InChI is InChI=1S/C27H24BF4O3Si.C8H11N/c1-33-36(34-2,35-3)27-25(31)23(29)22(24(30)26(27)32)28(19-13-7-4-8-14-19,20-15-9-5-10-16-20)21-17-11-6-12-18-21;1-9(2)8-6-4-3-5-7-8/h4-18H,1-3H3;3-7H,1-2H3/q-1;/p+1. The highest BCUT2D eigenvalue weighted by atomic mass is 28.4. The molecule has 5 rings (SSSR count). The van der Waals surface area contributed by atoms with Crippen LogP contribution < -0.4 is 31.9 Å². The summed E-state index contributed by atoms with van der Waals surface area (Å²) in [5.41, 5.74) is 2.04. The minimum absolute atomic E-state index is 0.480. The van der Waals surface area contributed by atoms with Gasteiger partial charge in [0.1, 0.15) is 23.5 Å². The highest BCUT2D eigenvalue weighted by Gasteiger charge is 2.50. The average Bonchev–Trinajstić information content (AvgIpc) is 3.10. The molecule has 0 saturated heterocycles. The van der Waals surface area contributed by atoms with Gasteiger partial charge in [-0.25, -0.2) is 17.6 Å². The van der Waals surface area contributed by atoms with Crippen molar-refractivity contribution in [2.75, 3.05) is 35.4 Å². The Hall–Kier alpha value is -4.06. The van der Waals surface area contributed by atoms with E-state index in [0.29, 0.717) is 16.4 Å². The van der Waals surface area contributed by atoms with Gasteiger partial charge in [-0.15, -0.1) is 5.46 Å². The lowest BCUT2D eigenvalue weighted by molar-refractivity contribution is -0.786. The van der Waals surface area contributed by atoms with Crippen LogP contribution in [0.25, 0.3) is 0 Å². The van der Waals surface area contributed by atoms with Crippen LogP contribution in [0.1, 0.15) is 0 Å². The topological polar surface area (TPSA) is 32.1 Å². The first-order valence-corrected chi connectivity index (χ1v) is 16.1. The molecule has 0 saturated carbocycles. The molecule has 0 heterocycles. The van der Waals surface area contributed by atoms with Crippen LogP contribution in [0.4, 0.5) is 23.2 Å². The molecular weight excluding hydrogens is 597 g/mol. The summed E-state index contributed by atoms with van der Waals surface area (Å²) < 4.78 is 79.8. The van der Waals surface area contributed by atoms with Crippen LogP contribution in [-0.2, 0) is 13.3 Å². The van der Waals surface area contributed by atoms with Crippen LogP contribution >= 0.6 is 0 Å². The van der Waals surface area contributed by atoms with E-state index in [1.54, 1.807) is 91.0 Å². The molecule has 0 aromatic heterocycles. The molecule has 0 spiro atoms. The second-order valence-electron chi connectivity index (χ2n) is 10.7. The number of nitrogens with one attached hydrogen (secondary N) is 1. The van der Waals surface area contributed by atoms with E-state index in [-0.39, 0.29) is 0 Å². The second kappa shape index (κ2) is 14.8. The van der Waals surface area contributed by atoms with Crippen molar-refractivity contribution in [1.29, 1.82) is 0 Å². The number of benzene rings is 5. The van der Waals surface area contributed by atoms with E-state index in [1.165, 1.54) is 10.6 Å². The molecule has 5 aromatic carbocycles. The fourth-order valence-electron chi connectivity index (χ4n) is 5.93. The van der Waals surface area contributed by atoms with Gasteiger partial charge in [-0.05, 0) is 12.1 Å². The highest BCUT2D eigenvalue weighted by molar-refractivity contribution is 7.20. The Bertz CT molecular complexity index is 1540. The number of para-hydroxylation sites is 1. The Morgan fingerprint density at radius 1 is 0.489 bits per heavy atom. The van der Waals surface area contributed by atoms with Crippen LogP contribution in [0.3, 0.4) is 0 Å². The predicted octanol–water partition coefficient (Wildman–Crippen LogP) is 3.17. The summed E-state index contributed by atoms with van der Waals surface area (Å²) in [7, 11) is 3.27. The van der Waals surface area contributed by atoms with Gasteiger partial charge in [0.2, 0.25) is 0 Å². The van der Waals surface area contributed by atoms with Crippen LogP contribution in [0, 0.1) is 23.3 Å². The summed E-state index contributed by atoms with van der Waals surface area (Å²) in [5.74, 6) is -6.31. The molecule has 0 aliphatic heterocycles. The molecular formula is C35H36BF4NO3Si. The molecule has 45 heavy (non-hydrogen) atoms. The second-order valence-corrected chi connectivity index (χ2v) is 13.5. The molecule has 0 unspecified atom stereocenters. The van der Waals surface area contributed by atoms with Crippen LogP contribution in [0.5, 0.6) is 0 Å². The van der Waals surface area contributed by atoms with E-state index in [2.05, 4.69) is 38.4 Å². The first-order valence-electron chi connectivity index (χ1n) is 14.4. The highest BCUT2D eigenvalue weighted by Crippen LogP contribution is 2.21. The van der Waals surface area contributed by atoms with Gasteiger partial charge in [-0.2, -0.15) is 16.4 Å². The number of hydrogen-bond acceptors (Lipinski definition) is 3. The van der Waals surface area contributed by atoms with Gasteiger partial charge in [-0.3, -0.25) is 0 Å². The van der Waals surface area contributed by atoms with Gasteiger partial charge in [0.25, 0.3) is 0 Å². The Morgan fingerprint density at radius 2 is 0.800 bits per heavy atom. The van der Waals surface area contributed by atoms with Crippen LogP contribution in [0.2, 0.25) is 0 Å². The molecule has 0 aliphatic carbocycles. The number of halogens is 4. The Kier molecular flexibility index (Phi) is 11.1. The molecule has 0 radical (unpaired) electrons. The molecule has 0 amide bonds. The lowest BCUT2D eigenvalue weighted by Crippen LogP contribution is -3.00. The molecule has 1 N–H and O–H groups in total. The Morgan fingerprint density at radius 3 is 1.07 bits per heavy atom. The zero-order chi connectivity index (χ0) is 32.6. The molecule has 0 aliphatic rings. The molecule has 234 valence electrons. The molecule has 0 bridgehead atoms. The molecule has 4 nitrogen and oxygen atoms in total. The summed E-state index contributed by atoms with van der Waals surface area (Å²) >= 11 is 0. The largest absolute Gasteiger partial charge is 0.542 e. The van der Waals surface area contributed by atoms with E-state index in [0.717, 1.165) is 21.3 Å².